The van der Waals surface area contributed by atoms with Crippen LogP contribution in [0.15, 0.2) is 34.9 Å². The summed E-state index contributed by atoms with van der Waals surface area (Å²) < 4.78 is 22.1. The third kappa shape index (κ3) is 1.81. The Kier molecular flexibility index (Phi) is 2.38. The Labute approximate surface area is 99.5 Å². The molecule has 0 fully saturated rings. The molecule has 1 aromatic carbocycles. The van der Waals surface area contributed by atoms with E-state index in [1.807, 2.05) is 0 Å². The van der Waals surface area contributed by atoms with Gasteiger partial charge in [0.25, 0.3) is 0 Å². The Morgan fingerprint density at radius 2 is 2.24 bits per heavy atom. The first-order valence-corrected chi connectivity index (χ1v) is 5.66. The lowest BCUT2D eigenvalue weighted by atomic mass is 10.2. The van der Waals surface area contributed by atoms with Crippen molar-refractivity contribution in [1.29, 1.82) is 0 Å². The second-order valence-electron chi connectivity index (χ2n) is 3.55. The molecule has 6 heteroatoms. The summed E-state index contributed by atoms with van der Waals surface area (Å²) in [6.07, 6.45) is 0.564. The van der Waals surface area contributed by atoms with Gasteiger partial charge in [-0.15, -0.1) is 5.10 Å². The van der Waals surface area contributed by atoms with Gasteiger partial charge in [0, 0.05) is 5.39 Å². The number of rotatable bonds is 2. The van der Waals surface area contributed by atoms with Crippen molar-refractivity contribution >= 4 is 22.5 Å². The molecule has 0 radical (unpaired) electrons. The van der Waals surface area contributed by atoms with Gasteiger partial charge in [-0.1, -0.05) is 4.49 Å². The number of aromatic nitrogens is 2. The highest BCUT2D eigenvalue weighted by Crippen LogP contribution is 2.29. The molecule has 3 rings (SSSR count). The predicted molar refractivity (Wildman–Crippen MR) is 60.1 cm³/mol. The van der Waals surface area contributed by atoms with Crippen LogP contribution in [0.3, 0.4) is 0 Å². The summed E-state index contributed by atoms with van der Waals surface area (Å²) >= 11 is 1.09. The summed E-state index contributed by atoms with van der Waals surface area (Å²) in [7, 11) is 0. The van der Waals surface area contributed by atoms with Crippen molar-refractivity contribution in [2.75, 3.05) is 0 Å². The molecule has 0 aliphatic carbocycles. The number of hydrogen-bond acceptors (Lipinski definition) is 5. The lowest BCUT2D eigenvalue weighted by molar-refractivity contribution is 0.195. The molecule has 86 valence electrons. The average molecular weight is 250 g/mol. The van der Waals surface area contributed by atoms with Crippen molar-refractivity contribution in [2.24, 2.45) is 0 Å². The summed E-state index contributed by atoms with van der Waals surface area (Å²) in [5.41, 5.74) is 0.540. The molecule has 1 N–H and O–H groups in total. The van der Waals surface area contributed by atoms with E-state index < -0.39 is 6.10 Å². The number of hydrogen-bond donors (Lipinski definition) is 1. The molecule has 1 unspecified atom stereocenters. The van der Waals surface area contributed by atoms with Crippen molar-refractivity contribution in [2.45, 2.75) is 6.10 Å². The van der Waals surface area contributed by atoms with Gasteiger partial charge in [0.15, 0.2) is 0 Å². The van der Waals surface area contributed by atoms with E-state index in [2.05, 4.69) is 9.59 Å². The SMILES string of the molecule is OC(c1cc2cc(F)ccc2o1)c1cnns1. The Balaban J connectivity index is 2.06. The molecule has 2 heterocycles. The summed E-state index contributed by atoms with van der Waals surface area (Å²) in [4.78, 5) is 0.588. The molecule has 1 atom stereocenters. The number of benzene rings is 1. The minimum absolute atomic E-state index is 0.334. The van der Waals surface area contributed by atoms with Crippen LogP contribution in [0.4, 0.5) is 4.39 Å². The molecule has 0 aliphatic heterocycles. The molecular formula is C11H7FN2O2S. The Morgan fingerprint density at radius 1 is 1.35 bits per heavy atom. The number of halogens is 1. The monoisotopic (exact) mass is 250 g/mol. The first kappa shape index (κ1) is 10.4. The highest BCUT2D eigenvalue weighted by molar-refractivity contribution is 7.05. The predicted octanol–water partition coefficient (Wildman–Crippen LogP) is 2.51. The van der Waals surface area contributed by atoms with Gasteiger partial charge in [0.05, 0.1) is 11.1 Å². The minimum atomic E-state index is -0.912. The summed E-state index contributed by atoms with van der Waals surface area (Å²) in [5.74, 6) is 0.0236. The molecule has 0 saturated heterocycles. The topological polar surface area (TPSA) is 59.2 Å². The van der Waals surface area contributed by atoms with Gasteiger partial charge in [-0.3, -0.25) is 0 Å². The Bertz CT molecular complexity index is 651. The number of aliphatic hydroxyl groups is 1. The van der Waals surface area contributed by atoms with Gasteiger partial charge in [-0.25, -0.2) is 4.39 Å². The summed E-state index contributed by atoms with van der Waals surface area (Å²) in [5, 5.41) is 14.3. The Hall–Kier alpha value is -1.79. The molecule has 0 amide bonds. The number of nitrogens with zero attached hydrogens (tertiary/aromatic N) is 2. The zero-order valence-electron chi connectivity index (χ0n) is 8.50. The fourth-order valence-electron chi connectivity index (χ4n) is 1.60. The molecule has 2 aromatic heterocycles. The second-order valence-corrected chi connectivity index (χ2v) is 4.37. The second kappa shape index (κ2) is 3.90. The van der Waals surface area contributed by atoms with Crippen molar-refractivity contribution in [1.82, 2.24) is 9.59 Å². The third-order valence-electron chi connectivity index (χ3n) is 2.41. The van der Waals surface area contributed by atoms with E-state index in [9.17, 15) is 9.50 Å². The van der Waals surface area contributed by atoms with Crippen LogP contribution < -0.4 is 0 Å². The summed E-state index contributed by atoms with van der Waals surface area (Å²) in [6, 6.07) is 5.82. The highest BCUT2D eigenvalue weighted by atomic mass is 32.1. The van der Waals surface area contributed by atoms with E-state index in [0.717, 1.165) is 11.5 Å². The van der Waals surface area contributed by atoms with Gasteiger partial charge in [-0.2, -0.15) is 0 Å². The third-order valence-corrected chi connectivity index (χ3v) is 3.13. The van der Waals surface area contributed by atoms with Crippen molar-refractivity contribution in [3.05, 3.63) is 46.9 Å². The fraction of sp³-hybridized carbons (Fsp3) is 0.0909. The largest absolute Gasteiger partial charge is 0.458 e. The van der Waals surface area contributed by atoms with Gasteiger partial charge in [-0.05, 0) is 35.8 Å². The van der Waals surface area contributed by atoms with Crippen LogP contribution in [-0.2, 0) is 0 Å². The lowest BCUT2D eigenvalue weighted by Crippen LogP contribution is -1.94. The molecule has 0 aliphatic rings. The fourth-order valence-corrected chi connectivity index (χ4v) is 2.10. The van der Waals surface area contributed by atoms with Gasteiger partial charge < -0.3 is 9.52 Å². The molecular weight excluding hydrogens is 243 g/mol. The number of furan rings is 1. The van der Waals surface area contributed by atoms with E-state index in [0.29, 0.717) is 21.6 Å². The molecule has 0 saturated carbocycles. The summed E-state index contributed by atoms with van der Waals surface area (Å²) in [6.45, 7) is 0. The van der Waals surface area contributed by atoms with Crippen LogP contribution in [0.25, 0.3) is 11.0 Å². The normalized spacial score (nSPS) is 13.1. The van der Waals surface area contributed by atoms with Crippen LogP contribution in [0, 0.1) is 5.82 Å². The van der Waals surface area contributed by atoms with E-state index in [-0.39, 0.29) is 5.82 Å². The van der Waals surface area contributed by atoms with Crippen molar-refractivity contribution in [3.8, 4) is 0 Å². The number of aliphatic hydroxyl groups excluding tert-OH is 1. The zero-order valence-corrected chi connectivity index (χ0v) is 9.32. The lowest BCUT2D eigenvalue weighted by Gasteiger charge is -2.01. The molecule has 17 heavy (non-hydrogen) atoms. The first-order chi connectivity index (χ1) is 8.24. The van der Waals surface area contributed by atoms with E-state index in [1.54, 1.807) is 6.07 Å². The van der Waals surface area contributed by atoms with Gasteiger partial charge in [0.1, 0.15) is 23.3 Å². The van der Waals surface area contributed by atoms with E-state index in [4.69, 9.17) is 4.42 Å². The van der Waals surface area contributed by atoms with Crippen LogP contribution in [0.2, 0.25) is 0 Å². The molecule has 0 bridgehead atoms. The van der Waals surface area contributed by atoms with E-state index in [1.165, 1.54) is 24.4 Å². The molecule has 4 nitrogen and oxygen atoms in total. The maximum Gasteiger partial charge on any atom is 0.149 e. The standard InChI is InChI=1S/C11H7FN2O2S/c12-7-1-2-8-6(3-7)4-9(16-8)11(15)10-5-13-14-17-10/h1-5,11,15H. The van der Waals surface area contributed by atoms with E-state index >= 15 is 0 Å². The van der Waals surface area contributed by atoms with Crippen molar-refractivity contribution in [3.63, 3.8) is 0 Å². The van der Waals surface area contributed by atoms with Crippen LogP contribution in [0.1, 0.15) is 16.7 Å². The maximum absolute atomic E-state index is 13.0. The first-order valence-electron chi connectivity index (χ1n) is 4.88. The van der Waals surface area contributed by atoms with Crippen LogP contribution in [0.5, 0.6) is 0 Å². The molecule has 0 spiro atoms. The Morgan fingerprint density at radius 3 is 3.00 bits per heavy atom. The van der Waals surface area contributed by atoms with Crippen molar-refractivity contribution < 1.29 is 13.9 Å². The highest BCUT2D eigenvalue weighted by Gasteiger charge is 2.17. The number of fused-ring (bicyclic) bond motifs is 1. The molecule has 3 aromatic rings. The quantitative estimate of drug-likeness (QED) is 0.759. The van der Waals surface area contributed by atoms with Crippen LogP contribution in [-0.4, -0.2) is 14.7 Å². The minimum Gasteiger partial charge on any atom is -0.458 e. The average Bonchev–Trinajstić information content (AvgIpc) is 2.96. The zero-order chi connectivity index (χ0) is 11.8. The smallest absolute Gasteiger partial charge is 0.149 e. The maximum atomic E-state index is 13.0. The van der Waals surface area contributed by atoms with Gasteiger partial charge >= 0.3 is 0 Å². The van der Waals surface area contributed by atoms with Gasteiger partial charge in [0.2, 0.25) is 0 Å². The van der Waals surface area contributed by atoms with Crippen LogP contribution >= 0.6 is 11.5 Å².